The summed E-state index contributed by atoms with van der Waals surface area (Å²) in [5, 5.41) is 0. The molecule has 1 amide bonds. The van der Waals surface area contributed by atoms with Gasteiger partial charge in [-0.15, -0.1) is 0 Å². The maximum atomic E-state index is 12.9. The van der Waals surface area contributed by atoms with Crippen molar-refractivity contribution in [3.05, 3.63) is 46.7 Å². The molecule has 0 saturated carbocycles. The number of nitrogens with zero attached hydrogens (tertiary/aromatic N) is 4. The molecule has 0 unspecified atom stereocenters. The molecule has 2 aromatic rings. The molecule has 3 heterocycles. The van der Waals surface area contributed by atoms with Gasteiger partial charge in [-0.25, -0.2) is 9.97 Å². The van der Waals surface area contributed by atoms with Gasteiger partial charge in [-0.2, -0.15) is 0 Å². The van der Waals surface area contributed by atoms with Crippen LogP contribution in [0.25, 0.3) is 11.4 Å². The Kier molecular flexibility index (Phi) is 5.80. The van der Waals surface area contributed by atoms with Crippen LogP contribution in [0.3, 0.4) is 0 Å². The van der Waals surface area contributed by atoms with Crippen LogP contribution in [0.15, 0.2) is 41.0 Å². The number of hydrogen-bond acceptors (Lipinski definition) is 5. The molecule has 2 aliphatic rings. The zero-order valence-electron chi connectivity index (χ0n) is 15.2. The molecule has 0 radical (unpaired) electrons. The van der Waals surface area contributed by atoms with Crippen LogP contribution < -0.4 is 0 Å². The third-order valence-electron chi connectivity index (χ3n) is 5.15. The van der Waals surface area contributed by atoms with Gasteiger partial charge in [0.15, 0.2) is 5.82 Å². The molecule has 1 aromatic carbocycles. The van der Waals surface area contributed by atoms with Crippen LogP contribution in [-0.4, -0.2) is 64.6 Å². The minimum absolute atomic E-state index is 0.0470. The van der Waals surface area contributed by atoms with Crippen molar-refractivity contribution in [2.75, 3.05) is 32.8 Å². The number of morpholine rings is 1. The van der Waals surface area contributed by atoms with Crippen LogP contribution in [0.2, 0.25) is 0 Å². The van der Waals surface area contributed by atoms with Crippen molar-refractivity contribution in [1.29, 1.82) is 0 Å². The van der Waals surface area contributed by atoms with E-state index >= 15 is 0 Å². The van der Waals surface area contributed by atoms with E-state index in [1.807, 2.05) is 35.2 Å². The van der Waals surface area contributed by atoms with Gasteiger partial charge in [-0.3, -0.25) is 9.69 Å². The minimum atomic E-state index is -0.0470. The van der Waals surface area contributed by atoms with Gasteiger partial charge in [0, 0.05) is 35.9 Å². The number of ether oxygens (including phenoxy) is 1. The second-order valence-electron chi connectivity index (χ2n) is 6.94. The number of benzene rings is 1. The Hall–Kier alpha value is -1.83. The molecule has 4 rings (SSSR count). The number of carbonyl (C=O) groups is 1. The highest BCUT2D eigenvalue weighted by atomic mass is 79.9. The molecule has 0 bridgehead atoms. The Labute approximate surface area is 167 Å². The Bertz CT molecular complexity index is 793. The summed E-state index contributed by atoms with van der Waals surface area (Å²) in [6, 6.07) is 9.88. The lowest BCUT2D eigenvalue weighted by Gasteiger charge is -2.32. The molecule has 27 heavy (non-hydrogen) atoms. The molecular weight excluding hydrogens is 408 g/mol. The van der Waals surface area contributed by atoms with Gasteiger partial charge in [-0.1, -0.05) is 28.1 Å². The quantitative estimate of drug-likeness (QED) is 0.745. The van der Waals surface area contributed by atoms with E-state index in [1.54, 1.807) is 6.20 Å². The first kappa shape index (κ1) is 18.5. The number of carbonyl (C=O) groups excluding carboxylic acids is 1. The molecule has 6 nitrogen and oxygen atoms in total. The van der Waals surface area contributed by atoms with Crippen molar-refractivity contribution in [3.8, 4) is 11.4 Å². The maximum Gasteiger partial charge on any atom is 0.240 e. The fraction of sp³-hybridized carbons (Fsp3) is 0.450. The van der Waals surface area contributed by atoms with Crippen molar-refractivity contribution < 1.29 is 9.53 Å². The molecular formula is C20H23BrN4O2. The monoisotopic (exact) mass is 430 g/mol. The SMILES string of the molecule is O=C([C@@H]1CCCN1Cc1ccnc(-c2ccc(Br)cc2)n1)N1CCOCC1. The Morgan fingerprint density at radius 1 is 1.15 bits per heavy atom. The summed E-state index contributed by atoms with van der Waals surface area (Å²) in [7, 11) is 0. The highest BCUT2D eigenvalue weighted by Crippen LogP contribution is 2.23. The largest absolute Gasteiger partial charge is 0.378 e. The smallest absolute Gasteiger partial charge is 0.240 e. The van der Waals surface area contributed by atoms with E-state index in [1.165, 1.54) is 0 Å². The molecule has 2 saturated heterocycles. The second-order valence-corrected chi connectivity index (χ2v) is 7.86. The van der Waals surface area contributed by atoms with Crippen molar-refractivity contribution in [3.63, 3.8) is 0 Å². The number of amides is 1. The lowest BCUT2D eigenvalue weighted by molar-refractivity contribution is -0.140. The van der Waals surface area contributed by atoms with Crippen molar-refractivity contribution in [2.24, 2.45) is 0 Å². The van der Waals surface area contributed by atoms with Crippen LogP contribution in [0.4, 0.5) is 0 Å². The minimum Gasteiger partial charge on any atom is -0.378 e. The third kappa shape index (κ3) is 4.36. The van der Waals surface area contributed by atoms with Crippen molar-refractivity contribution in [1.82, 2.24) is 19.8 Å². The fourth-order valence-electron chi connectivity index (χ4n) is 3.72. The Morgan fingerprint density at radius 3 is 2.70 bits per heavy atom. The Balaban J connectivity index is 1.47. The Morgan fingerprint density at radius 2 is 1.93 bits per heavy atom. The average Bonchev–Trinajstić information content (AvgIpc) is 3.17. The number of likely N-dealkylation sites (tertiary alicyclic amines) is 1. The standard InChI is InChI=1S/C20H23BrN4O2/c21-16-5-3-15(4-6-16)19-22-8-7-17(23-19)14-25-9-1-2-18(25)20(26)24-10-12-27-13-11-24/h3-8,18H,1-2,9-14H2/t18-/m0/s1. The topological polar surface area (TPSA) is 58.6 Å². The maximum absolute atomic E-state index is 12.9. The van der Waals surface area contributed by atoms with Crippen LogP contribution in [0, 0.1) is 0 Å². The molecule has 0 spiro atoms. The molecule has 1 atom stereocenters. The third-order valence-corrected chi connectivity index (χ3v) is 5.68. The molecule has 1 aromatic heterocycles. The normalized spacial score (nSPS) is 20.8. The van der Waals surface area contributed by atoms with Gasteiger partial charge < -0.3 is 9.64 Å². The molecule has 0 aliphatic carbocycles. The molecule has 7 heteroatoms. The highest BCUT2D eigenvalue weighted by molar-refractivity contribution is 9.10. The number of aromatic nitrogens is 2. The van der Waals surface area contributed by atoms with Crippen LogP contribution in [-0.2, 0) is 16.1 Å². The summed E-state index contributed by atoms with van der Waals surface area (Å²) in [5.41, 5.74) is 1.94. The predicted octanol–water partition coefficient (Wildman–Crippen LogP) is 2.73. The van der Waals surface area contributed by atoms with E-state index in [2.05, 4.69) is 25.8 Å². The highest BCUT2D eigenvalue weighted by Gasteiger charge is 2.34. The first-order valence-corrected chi connectivity index (χ1v) is 10.2. The van der Waals surface area contributed by atoms with Crippen molar-refractivity contribution in [2.45, 2.75) is 25.4 Å². The first-order valence-electron chi connectivity index (χ1n) is 9.39. The fourth-order valence-corrected chi connectivity index (χ4v) is 3.98. The van der Waals surface area contributed by atoms with Gasteiger partial charge in [-0.05, 0) is 37.6 Å². The molecule has 2 aliphatic heterocycles. The summed E-state index contributed by atoms with van der Waals surface area (Å²) in [6.45, 7) is 4.28. The zero-order valence-corrected chi connectivity index (χ0v) is 16.8. The van der Waals surface area contributed by atoms with Gasteiger partial charge in [0.25, 0.3) is 0 Å². The van der Waals surface area contributed by atoms with Crippen LogP contribution >= 0.6 is 15.9 Å². The van der Waals surface area contributed by atoms with Gasteiger partial charge in [0.2, 0.25) is 5.91 Å². The summed E-state index contributed by atoms with van der Waals surface area (Å²) >= 11 is 3.45. The van der Waals surface area contributed by atoms with Crippen molar-refractivity contribution >= 4 is 21.8 Å². The van der Waals surface area contributed by atoms with E-state index in [9.17, 15) is 4.79 Å². The van der Waals surface area contributed by atoms with E-state index in [0.717, 1.165) is 40.9 Å². The summed E-state index contributed by atoms with van der Waals surface area (Å²) in [4.78, 5) is 26.2. The lowest BCUT2D eigenvalue weighted by Crippen LogP contribution is -2.49. The van der Waals surface area contributed by atoms with E-state index < -0.39 is 0 Å². The predicted molar refractivity (Wildman–Crippen MR) is 106 cm³/mol. The van der Waals surface area contributed by atoms with Gasteiger partial charge >= 0.3 is 0 Å². The average molecular weight is 431 g/mol. The molecule has 2 fully saturated rings. The van der Waals surface area contributed by atoms with Crippen LogP contribution in [0.1, 0.15) is 18.5 Å². The van der Waals surface area contributed by atoms with E-state index in [0.29, 0.717) is 32.8 Å². The lowest BCUT2D eigenvalue weighted by atomic mass is 10.1. The first-order chi connectivity index (χ1) is 13.2. The number of hydrogen-bond donors (Lipinski definition) is 0. The summed E-state index contributed by atoms with van der Waals surface area (Å²) in [5.74, 6) is 0.952. The summed E-state index contributed by atoms with van der Waals surface area (Å²) < 4.78 is 6.40. The number of rotatable bonds is 4. The van der Waals surface area contributed by atoms with E-state index in [4.69, 9.17) is 9.72 Å². The second kappa shape index (κ2) is 8.46. The van der Waals surface area contributed by atoms with Gasteiger partial charge in [0.1, 0.15) is 0 Å². The molecule has 0 N–H and O–H groups in total. The van der Waals surface area contributed by atoms with Gasteiger partial charge in [0.05, 0.1) is 24.9 Å². The van der Waals surface area contributed by atoms with E-state index in [-0.39, 0.29) is 11.9 Å². The summed E-state index contributed by atoms with van der Waals surface area (Å²) in [6.07, 6.45) is 3.76. The number of halogens is 1. The zero-order chi connectivity index (χ0) is 18.6. The van der Waals surface area contributed by atoms with Crippen LogP contribution in [0.5, 0.6) is 0 Å². The molecule has 142 valence electrons.